The fourth-order valence-electron chi connectivity index (χ4n) is 2.60. The number of ketones is 1. The van der Waals surface area contributed by atoms with E-state index in [9.17, 15) is 9.59 Å². The SMILES string of the molecule is COc1ccc(C(=O)[C@@H](C)OC(=O)c2ccc(Cn3cccn3)cc2)cc1. The van der Waals surface area contributed by atoms with Crippen molar-refractivity contribution in [3.05, 3.63) is 83.7 Å². The highest BCUT2D eigenvalue weighted by molar-refractivity contribution is 6.01. The van der Waals surface area contributed by atoms with Crippen molar-refractivity contribution < 1.29 is 19.1 Å². The second-order valence-corrected chi connectivity index (χ2v) is 6.04. The first-order chi connectivity index (χ1) is 13.1. The molecule has 1 aromatic heterocycles. The molecule has 0 saturated carbocycles. The van der Waals surface area contributed by atoms with Gasteiger partial charge >= 0.3 is 5.97 Å². The van der Waals surface area contributed by atoms with E-state index >= 15 is 0 Å². The van der Waals surface area contributed by atoms with Crippen LogP contribution in [0.1, 0.15) is 33.2 Å². The monoisotopic (exact) mass is 364 g/mol. The van der Waals surface area contributed by atoms with Gasteiger partial charge in [-0.05, 0) is 55.0 Å². The number of ether oxygens (including phenoxy) is 2. The standard InChI is InChI=1S/C21H20N2O4/c1-15(20(24)17-8-10-19(26-2)11-9-17)27-21(25)18-6-4-16(5-7-18)14-23-13-3-12-22-23/h3-13,15H,14H2,1-2H3/t15-/m1/s1. The summed E-state index contributed by atoms with van der Waals surface area (Å²) in [4.78, 5) is 24.7. The maximum atomic E-state index is 12.4. The van der Waals surface area contributed by atoms with Gasteiger partial charge < -0.3 is 9.47 Å². The molecule has 0 aliphatic heterocycles. The van der Waals surface area contributed by atoms with Crippen LogP contribution in [0.5, 0.6) is 5.75 Å². The van der Waals surface area contributed by atoms with Gasteiger partial charge in [0.05, 0.1) is 19.2 Å². The molecule has 1 heterocycles. The maximum absolute atomic E-state index is 12.4. The first-order valence-electron chi connectivity index (χ1n) is 8.52. The molecule has 138 valence electrons. The molecule has 0 amide bonds. The van der Waals surface area contributed by atoms with E-state index in [4.69, 9.17) is 9.47 Å². The third kappa shape index (κ3) is 4.61. The smallest absolute Gasteiger partial charge is 0.338 e. The average molecular weight is 364 g/mol. The van der Waals surface area contributed by atoms with Gasteiger partial charge in [-0.25, -0.2) is 4.79 Å². The molecule has 0 bridgehead atoms. The van der Waals surface area contributed by atoms with Crippen LogP contribution in [0.15, 0.2) is 67.0 Å². The van der Waals surface area contributed by atoms with Gasteiger partial charge in [0.1, 0.15) is 5.75 Å². The number of hydrogen-bond acceptors (Lipinski definition) is 5. The Morgan fingerprint density at radius 1 is 1.04 bits per heavy atom. The summed E-state index contributed by atoms with van der Waals surface area (Å²) in [6, 6.07) is 15.6. The van der Waals surface area contributed by atoms with Crippen LogP contribution in [0.2, 0.25) is 0 Å². The van der Waals surface area contributed by atoms with Gasteiger partial charge in [0.2, 0.25) is 5.78 Å². The van der Waals surface area contributed by atoms with E-state index in [2.05, 4.69) is 5.10 Å². The summed E-state index contributed by atoms with van der Waals surface area (Å²) >= 11 is 0. The van der Waals surface area contributed by atoms with Crippen molar-refractivity contribution >= 4 is 11.8 Å². The average Bonchev–Trinajstić information content (AvgIpc) is 3.21. The fraction of sp³-hybridized carbons (Fsp3) is 0.190. The normalized spacial score (nSPS) is 11.6. The minimum atomic E-state index is -0.880. The lowest BCUT2D eigenvalue weighted by Gasteiger charge is -2.13. The predicted octanol–water partition coefficient (Wildman–Crippen LogP) is 3.37. The van der Waals surface area contributed by atoms with Crippen molar-refractivity contribution in [3.8, 4) is 5.75 Å². The van der Waals surface area contributed by atoms with E-state index in [1.54, 1.807) is 61.3 Å². The number of benzene rings is 2. The van der Waals surface area contributed by atoms with Crippen molar-refractivity contribution in [2.24, 2.45) is 0 Å². The lowest BCUT2D eigenvalue weighted by atomic mass is 10.1. The topological polar surface area (TPSA) is 70.4 Å². The van der Waals surface area contributed by atoms with Crippen molar-refractivity contribution in [1.29, 1.82) is 0 Å². The third-order valence-electron chi connectivity index (χ3n) is 4.12. The summed E-state index contributed by atoms with van der Waals surface area (Å²) in [6.07, 6.45) is 2.70. The van der Waals surface area contributed by atoms with Crippen LogP contribution < -0.4 is 4.74 Å². The zero-order chi connectivity index (χ0) is 19.2. The van der Waals surface area contributed by atoms with Crippen LogP contribution in [-0.4, -0.2) is 34.7 Å². The molecule has 0 spiro atoms. The molecule has 3 aromatic rings. The molecule has 0 fully saturated rings. The fourth-order valence-corrected chi connectivity index (χ4v) is 2.60. The second kappa shape index (κ2) is 8.31. The van der Waals surface area contributed by atoms with Crippen LogP contribution in [0.4, 0.5) is 0 Å². The molecule has 0 N–H and O–H groups in total. The predicted molar refractivity (Wildman–Crippen MR) is 100.0 cm³/mol. The van der Waals surface area contributed by atoms with E-state index in [0.29, 0.717) is 23.4 Å². The Kier molecular flexibility index (Phi) is 5.66. The number of esters is 1. The van der Waals surface area contributed by atoms with E-state index in [1.165, 1.54) is 0 Å². The number of methoxy groups -OCH3 is 1. The van der Waals surface area contributed by atoms with Gasteiger partial charge in [0, 0.05) is 18.0 Å². The van der Waals surface area contributed by atoms with E-state index in [1.807, 2.05) is 24.4 Å². The molecule has 6 heteroatoms. The largest absolute Gasteiger partial charge is 0.497 e. The summed E-state index contributed by atoms with van der Waals surface area (Å²) in [7, 11) is 1.56. The highest BCUT2D eigenvalue weighted by Gasteiger charge is 2.20. The summed E-state index contributed by atoms with van der Waals surface area (Å²) in [5.41, 5.74) is 1.87. The van der Waals surface area contributed by atoms with Crippen LogP contribution in [-0.2, 0) is 11.3 Å². The van der Waals surface area contributed by atoms with E-state index in [-0.39, 0.29) is 5.78 Å². The molecular weight excluding hydrogens is 344 g/mol. The Bertz CT molecular complexity index is 900. The van der Waals surface area contributed by atoms with Gasteiger partial charge in [0.15, 0.2) is 6.10 Å². The number of hydrogen-bond donors (Lipinski definition) is 0. The Balaban J connectivity index is 1.60. The number of nitrogens with zero attached hydrogens (tertiary/aromatic N) is 2. The zero-order valence-corrected chi connectivity index (χ0v) is 15.2. The first-order valence-corrected chi connectivity index (χ1v) is 8.52. The Morgan fingerprint density at radius 3 is 2.30 bits per heavy atom. The molecule has 6 nitrogen and oxygen atoms in total. The van der Waals surface area contributed by atoms with Crippen molar-refractivity contribution in [1.82, 2.24) is 9.78 Å². The van der Waals surface area contributed by atoms with E-state index in [0.717, 1.165) is 5.56 Å². The number of carbonyl (C=O) groups excluding carboxylic acids is 2. The lowest BCUT2D eigenvalue weighted by Crippen LogP contribution is -2.24. The summed E-state index contributed by atoms with van der Waals surface area (Å²) < 4.78 is 12.2. The van der Waals surface area contributed by atoms with Gasteiger partial charge in [0.25, 0.3) is 0 Å². The van der Waals surface area contributed by atoms with Crippen LogP contribution in [0.3, 0.4) is 0 Å². The summed E-state index contributed by atoms with van der Waals surface area (Å²) in [5.74, 6) is -0.136. The van der Waals surface area contributed by atoms with Crippen LogP contribution in [0.25, 0.3) is 0 Å². The number of carbonyl (C=O) groups is 2. The maximum Gasteiger partial charge on any atom is 0.338 e. The third-order valence-corrected chi connectivity index (χ3v) is 4.12. The molecule has 0 radical (unpaired) electrons. The minimum absolute atomic E-state index is 0.263. The molecule has 0 unspecified atom stereocenters. The van der Waals surface area contributed by atoms with Gasteiger partial charge in [-0.2, -0.15) is 5.10 Å². The van der Waals surface area contributed by atoms with Gasteiger partial charge in [-0.3, -0.25) is 9.48 Å². The molecule has 0 saturated heterocycles. The number of rotatable bonds is 7. The Labute approximate surface area is 157 Å². The first kappa shape index (κ1) is 18.4. The summed E-state index contributed by atoms with van der Waals surface area (Å²) in [6.45, 7) is 2.19. The second-order valence-electron chi connectivity index (χ2n) is 6.04. The summed E-state index contributed by atoms with van der Waals surface area (Å²) in [5, 5.41) is 4.15. The van der Waals surface area contributed by atoms with E-state index < -0.39 is 12.1 Å². The van der Waals surface area contributed by atoms with Gasteiger partial charge in [-0.1, -0.05) is 12.1 Å². The van der Waals surface area contributed by atoms with Crippen molar-refractivity contribution in [2.75, 3.05) is 7.11 Å². The Morgan fingerprint density at radius 2 is 1.70 bits per heavy atom. The molecule has 0 aliphatic carbocycles. The molecule has 3 rings (SSSR count). The van der Waals surface area contributed by atoms with Crippen LogP contribution in [0, 0.1) is 0 Å². The minimum Gasteiger partial charge on any atom is -0.497 e. The van der Waals surface area contributed by atoms with Crippen molar-refractivity contribution in [3.63, 3.8) is 0 Å². The molecular formula is C21H20N2O4. The Hall–Kier alpha value is -3.41. The number of aromatic nitrogens is 2. The molecule has 2 aromatic carbocycles. The van der Waals surface area contributed by atoms with Gasteiger partial charge in [-0.15, -0.1) is 0 Å². The molecule has 27 heavy (non-hydrogen) atoms. The highest BCUT2D eigenvalue weighted by Crippen LogP contribution is 2.15. The van der Waals surface area contributed by atoms with Crippen LogP contribution >= 0.6 is 0 Å². The number of Topliss-reactive ketones (excluding diaryl/α,β-unsaturated/α-hetero) is 1. The lowest BCUT2D eigenvalue weighted by molar-refractivity contribution is 0.0319. The quantitative estimate of drug-likeness (QED) is 0.475. The highest BCUT2D eigenvalue weighted by atomic mass is 16.5. The zero-order valence-electron chi connectivity index (χ0n) is 15.2. The van der Waals surface area contributed by atoms with Crippen molar-refractivity contribution in [2.45, 2.75) is 19.6 Å². The molecule has 1 atom stereocenters. The molecule has 0 aliphatic rings.